The van der Waals surface area contributed by atoms with Crippen molar-refractivity contribution in [3.8, 4) is 0 Å². The molecule has 1 aliphatic rings. The molecular weight excluding hydrogens is 262 g/mol. The summed E-state index contributed by atoms with van der Waals surface area (Å²) in [6.07, 6.45) is 1.90. The molecule has 1 fully saturated rings. The Kier molecular flexibility index (Phi) is 4.93. The first-order chi connectivity index (χ1) is 9.08. The van der Waals surface area contributed by atoms with Crippen LogP contribution in [0.1, 0.15) is 18.4 Å². The van der Waals surface area contributed by atoms with Crippen molar-refractivity contribution in [2.24, 2.45) is 0 Å². The molecule has 1 heterocycles. The van der Waals surface area contributed by atoms with Crippen molar-refractivity contribution in [1.29, 1.82) is 0 Å². The van der Waals surface area contributed by atoms with Gasteiger partial charge in [0, 0.05) is 26.2 Å². The fourth-order valence-electron chi connectivity index (χ4n) is 2.18. The predicted octanol–water partition coefficient (Wildman–Crippen LogP) is 0.705. The normalized spacial score (nSPS) is 20.6. The maximum atomic E-state index is 12.2. The van der Waals surface area contributed by atoms with Crippen LogP contribution in [0, 0.1) is 0 Å². The van der Waals surface area contributed by atoms with E-state index in [0.717, 1.165) is 24.9 Å². The number of rotatable bonds is 5. The maximum absolute atomic E-state index is 12.2. The summed E-state index contributed by atoms with van der Waals surface area (Å²) in [5.41, 5.74) is 0.983. The molecule has 1 aliphatic heterocycles. The third-order valence-corrected chi connectivity index (χ3v) is 4.85. The first-order valence-electron chi connectivity index (χ1n) is 6.56. The highest BCUT2D eigenvalue weighted by molar-refractivity contribution is 7.87. The Morgan fingerprint density at radius 2 is 2.11 bits per heavy atom. The van der Waals surface area contributed by atoms with E-state index in [1.54, 1.807) is 7.05 Å². The number of hydrogen-bond acceptors (Lipinski definition) is 3. The van der Waals surface area contributed by atoms with Crippen LogP contribution >= 0.6 is 0 Å². The van der Waals surface area contributed by atoms with Crippen LogP contribution < -0.4 is 10.0 Å². The number of hydrogen-bond donors (Lipinski definition) is 2. The molecule has 0 saturated carbocycles. The summed E-state index contributed by atoms with van der Waals surface area (Å²) in [6, 6.07) is 9.59. The second kappa shape index (κ2) is 6.47. The molecule has 0 aromatic heterocycles. The second-order valence-corrected chi connectivity index (χ2v) is 6.72. The summed E-state index contributed by atoms with van der Waals surface area (Å²) >= 11 is 0. The van der Waals surface area contributed by atoms with E-state index in [2.05, 4.69) is 10.0 Å². The molecule has 0 amide bonds. The van der Waals surface area contributed by atoms with E-state index in [1.807, 2.05) is 30.3 Å². The van der Waals surface area contributed by atoms with Crippen LogP contribution in [-0.4, -0.2) is 38.9 Å². The van der Waals surface area contributed by atoms with Crippen LogP contribution in [0.3, 0.4) is 0 Å². The van der Waals surface area contributed by atoms with Crippen molar-refractivity contribution >= 4 is 10.2 Å². The lowest BCUT2D eigenvalue weighted by molar-refractivity contribution is 0.401. The highest BCUT2D eigenvalue weighted by Crippen LogP contribution is 2.08. The molecule has 19 heavy (non-hydrogen) atoms. The van der Waals surface area contributed by atoms with Gasteiger partial charge in [-0.3, -0.25) is 0 Å². The molecular formula is C13H21N3O2S. The van der Waals surface area contributed by atoms with Crippen LogP contribution in [0.2, 0.25) is 0 Å². The van der Waals surface area contributed by atoms with Gasteiger partial charge in [-0.2, -0.15) is 17.4 Å². The summed E-state index contributed by atoms with van der Waals surface area (Å²) < 4.78 is 28.5. The standard InChI is InChI=1S/C13H21N3O2S/c1-16(11-12-6-3-2-4-7-12)19(17,18)15-13-8-5-9-14-10-13/h2-4,6-7,13-15H,5,8-11H2,1H3/t13-/m0/s1. The lowest BCUT2D eigenvalue weighted by Gasteiger charge is -2.26. The van der Waals surface area contributed by atoms with Crippen molar-refractivity contribution in [2.45, 2.75) is 25.4 Å². The minimum Gasteiger partial charge on any atom is -0.315 e. The van der Waals surface area contributed by atoms with Crippen LogP contribution in [0.4, 0.5) is 0 Å². The smallest absolute Gasteiger partial charge is 0.279 e. The minimum atomic E-state index is -3.41. The zero-order valence-electron chi connectivity index (χ0n) is 11.2. The largest absolute Gasteiger partial charge is 0.315 e. The van der Waals surface area contributed by atoms with E-state index in [-0.39, 0.29) is 6.04 Å². The fourth-order valence-corrected chi connectivity index (χ4v) is 3.30. The highest BCUT2D eigenvalue weighted by Gasteiger charge is 2.23. The predicted molar refractivity (Wildman–Crippen MR) is 75.9 cm³/mol. The average Bonchev–Trinajstić information content (AvgIpc) is 2.40. The lowest BCUT2D eigenvalue weighted by atomic mass is 10.1. The molecule has 0 radical (unpaired) electrons. The molecule has 2 rings (SSSR count). The average molecular weight is 283 g/mol. The molecule has 2 N–H and O–H groups in total. The second-order valence-electron chi connectivity index (χ2n) is 4.91. The van der Waals surface area contributed by atoms with Gasteiger partial charge in [0.05, 0.1) is 0 Å². The van der Waals surface area contributed by atoms with Gasteiger partial charge in [-0.15, -0.1) is 0 Å². The number of nitrogens with one attached hydrogen (secondary N) is 2. The molecule has 0 spiro atoms. The van der Waals surface area contributed by atoms with Crippen molar-refractivity contribution in [1.82, 2.24) is 14.3 Å². The van der Waals surface area contributed by atoms with Gasteiger partial charge < -0.3 is 5.32 Å². The molecule has 5 nitrogen and oxygen atoms in total. The van der Waals surface area contributed by atoms with E-state index in [0.29, 0.717) is 13.1 Å². The van der Waals surface area contributed by atoms with Crippen molar-refractivity contribution in [3.05, 3.63) is 35.9 Å². The van der Waals surface area contributed by atoms with E-state index in [1.165, 1.54) is 4.31 Å². The van der Waals surface area contributed by atoms with Crippen LogP contribution in [0.5, 0.6) is 0 Å². The van der Waals surface area contributed by atoms with Gasteiger partial charge in [0.15, 0.2) is 0 Å². The highest BCUT2D eigenvalue weighted by atomic mass is 32.2. The first kappa shape index (κ1) is 14.5. The summed E-state index contributed by atoms with van der Waals surface area (Å²) in [4.78, 5) is 0. The molecule has 6 heteroatoms. The first-order valence-corrected chi connectivity index (χ1v) is 8.00. The molecule has 0 bridgehead atoms. The Labute approximate surface area is 115 Å². The van der Waals surface area contributed by atoms with Crippen molar-refractivity contribution < 1.29 is 8.42 Å². The molecule has 0 aliphatic carbocycles. The van der Waals surface area contributed by atoms with E-state index >= 15 is 0 Å². The Bertz CT molecular complexity index is 484. The minimum absolute atomic E-state index is 0.00280. The quantitative estimate of drug-likeness (QED) is 0.836. The molecule has 106 valence electrons. The van der Waals surface area contributed by atoms with Crippen LogP contribution in [0.25, 0.3) is 0 Å². The Balaban J connectivity index is 1.94. The van der Waals surface area contributed by atoms with E-state index in [4.69, 9.17) is 0 Å². The van der Waals surface area contributed by atoms with Gasteiger partial charge in [-0.1, -0.05) is 30.3 Å². The van der Waals surface area contributed by atoms with Gasteiger partial charge in [-0.05, 0) is 24.9 Å². The van der Waals surface area contributed by atoms with Gasteiger partial charge >= 0.3 is 0 Å². The zero-order valence-corrected chi connectivity index (χ0v) is 12.0. The number of nitrogens with zero attached hydrogens (tertiary/aromatic N) is 1. The van der Waals surface area contributed by atoms with Gasteiger partial charge in [0.25, 0.3) is 10.2 Å². The fraction of sp³-hybridized carbons (Fsp3) is 0.538. The summed E-state index contributed by atoms with van der Waals surface area (Å²) in [5.74, 6) is 0. The molecule has 1 aromatic rings. The summed E-state index contributed by atoms with van der Waals surface area (Å²) in [5, 5.41) is 3.20. The number of piperidine rings is 1. The maximum Gasteiger partial charge on any atom is 0.279 e. The monoisotopic (exact) mass is 283 g/mol. The van der Waals surface area contributed by atoms with Crippen LogP contribution in [0.15, 0.2) is 30.3 Å². The SMILES string of the molecule is CN(Cc1ccccc1)S(=O)(=O)N[C@H]1CCCNC1. The molecule has 1 atom stereocenters. The zero-order chi connectivity index (χ0) is 13.7. The van der Waals surface area contributed by atoms with E-state index < -0.39 is 10.2 Å². The summed E-state index contributed by atoms with van der Waals surface area (Å²) in [6.45, 7) is 2.06. The molecule has 1 saturated heterocycles. The third kappa shape index (κ3) is 4.28. The Morgan fingerprint density at radius 3 is 2.74 bits per heavy atom. The molecule has 0 unspecified atom stereocenters. The number of benzene rings is 1. The molecule has 1 aromatic carbocycles. The van der Waals surface area contributed by atoms with Crippen LogP contribution in [-0.2, 0) is 16.8 Å². The Hall–Kier alpha value is -0.950. The third-order valence-electron chi connectivity index (χ3n) is 3.27. The van der Waals surface area contributed by atoms with Crippen molar-refractivity contribution in [3.63, 3.8) is 0 Å². The topological polar surface area (TPSA) is 61.4 Å². The van der Waals surface area contributed by atoms with Crippen molar-refractivity contribution in [2.75, 3.05) is 20.1 Å². The lowest BCUT2D eigenvalue weighted by Crippen LogP contribution is -2.49. The van der Waals surface area contributed by atoms with E-state index in [9.17, 15) is 8.42 Å². The van der Waals surface area contributed by atoms with Gasteiger partial charge in [-0.25, -0.2) is 0 Å². The van der Waals surface area contributed by atoms with Gasteiger partial charge in [0.2, 0.25) is 0 Å². The summed E-state index contributed by atoms with van der Waals surface area (Å²) in [7, 11) is -1.81. The van der Waals surface area contributed by atoms with Gasteiger partial charge in [0.1, 0.15) is 0 Å². The Morgan fingerprint density at radius 1 is 1.37 bits per heavy atom.